The Morgan fingerprint density at radius 1 is 1.04 bits per heavy atom. The van der Waals surface area contributed by atoms with Crippen LogP contribution in [0.15, 0.2) is 47.4 Å². The van der Waals surface area contributed by atoms with Crippen molar-refractivity contribution >= 4 is 38.9 Å². The Hall–Kier alpha value is -2.09. The lowest BCUT2D eigenvalue weighted by Crippen LogP contribution is -2.30. The minimum Gasteiger partial charge on any atom is -0.376 e. The Bertz CT molecular complexity index is 908. The van der Waals surface area contributed by atoms with Crippen LogP contribution in [-0.2, 0) is 10.0 Å². The summed E-state index contributed by atoms with van der Waals surface area (Å²) in [6.45, 7) is 4.36. The summed E-state index contributed by atoms with van der Waals surface area (Å²) in [5, 5.41) is 3.34. The number of nitrogens with one attached hydrogen (secondary N) is 1. The van der Waals surface area contributed by atoms with Gasteiger partial charge in [0.1, 0.15) is 0 Å². The van der Waals surface area contributed by atoms with E-state index in [0.29, 0.717) is 29.4 Å². The zero-order valence-electron chi connectivity index (χ0n) is 15.9. The maximum absolute atomic E-state index is 12.6. The van der Waals surface area contributed by atoms with Crippen LogP contribution in [0.4, 0.5) is 11.4 Å². The van der Waals surface area contributed by atoms with E-state index in [-0.39, 0.29) is 10.8 Å². The number of carbonyl (C=O) groups excluding carboxylic acids is 1. The largest absolute Gasteiger partial charge is 0.376 e. The molecule has 0 atom stereocenters. The second-order valence-corrected chi connectivity index (χ2v) is 8.50. The number of sulfonamides is 1. The first-order chi connectivity index (χ1) is 12.7. The van der Waals surface area contributed by atoms with Crippen LogP contribution in [0.1, 0.15) is 24.2 Å². The molecule has 0 aliphatic carbocycles. The molecule has 0 spiro atoms. The van der Waals surface area contributed by atoms with Gasteiger partial charge in [-0.3, -0.25) is 4.79 Å². The number of carbonyl (C=O) groups is 1. The Morgan fingerprint density at radius 2 is 1.63 bits per heavy atom. The highest BCUT2D eigenvalue weighted by molar-refractivity contribution is 7.89. The molecule has 0 saturated carbocycles. The van der Waals surface area contributed by atoms with Crippen molar-refractivity contribution in [2.75, 3.05) is 37.4 Å². The van der Waals surface area contributed by atoms with Gasteiger partial charge in [-0.15, -0.1) is 0 Å². The molecule has 2 aromatic rings. The third-order valence-corrected chi connectivity index (χ3v) is 6.45. The van der Waals surface area contributed by atoms with Gasteiger partial charge in [-0.05, 0) is 42.5 Å². The molecule has 2 aromatic carbocycles. The Kier molecular flexibility index (Phi) is 6.86. The van der Waals surface area contributed by atoms with Crippen LogP contribution >= 0.6 is 11.6 Å². The van der Waals surface area contributed by atoms with Gasteiger partial charge in [0.05, 0.1) is 16.3 Å². The highest BCUT2D eigenvalue weighted by Gasteiger charge is 2.21. The summed E-state index contributed by atoms with van der Waals surface area (Å²) in [7, 11) is 0.185. The number of anilines is 2. The summed E-state index contributed by atoms with van der Waals surface area (Å²) in [5.74, 6) is -0.341. The molecule has 0 radical (unpaired) electrons. The molecule has 146 valence electrons. The van der Waals surface area contributed by atoms with E-state index >= 15 is 0 Å². The zero-order valence-corrected chi connectivity index (χ0v) is 17.4. The lowest BCUT2D eigenvalue weighted by molar-refractivity contribution is 0.102. The van der Waals surface area contributed by atoms with Crippen molar-refractivity contribution in [1.29, 1.82) is 0 Å². The minimum absolute atomic E-state index is 0.166. The Labute approximate surface area is 165 Å². The van der Waals surface area contributed by atoms with Crippen molar-refractivity contribution in [1.82, 2.24) is 4.31 Å². The first-order valence-corrected chi connectivity index (χ1v) is 10.4. The fourth-order valence-corrected chi connectivity index (χ4v) is 4.31. The van der Waals surface area contributed by atoms with Crippen LogP contribution in [0.25, 0.3) is 0 Å². The van der Waals surface area contributed by atoms with E-state index in [4.69, 9.17) is 11.6 Å². The zero-order chi connectivity index (χ0) is 20.2. The predicted molar refractivity (Wildman–Crippen MR) is 110 cm³/mol. The first kappa shape index (κ1) is 21.2. The molecule has 6 nitrogen and oxygen atoms in total. The van der Waals surface area contributed by atoms with Gasteiger partial charge < -0.3 is 10.2 Å². The number of rotatable bonds is 7. The van der Waals surface area contributed by atoms with Crippen molar-refractivity contribution in [2.24, 2.45) is 0 Å². The van der Waals surface area contributed by atoms with Crippen LogP contribution in [0, 0.1) is 0 Å². The molecule has 1 N–H and O–H groups in total. The van der Waals surface area contributed by atoms with E-state index in [1.807, 2.05) is 25.1 Å². The Balaban J connectivity index is 2.26. The minimum atomic E-state index is -3.55. The maximum atomic E-state index is 12.6. The molecular formula is C19H24ClN3O3S. The lowest BCUT2D eigenvalue weighted by atomic mass is 10.2. The quantitative estimate of drug-likeness (QED) is 0.757. The highest BCUT2D eigenvalue weighted by atomic mass is 35.5. The summed E-state index contributed by atoms with van der Waals surface area (Å²) in [4.78, 5) is 14.6. The molecule has 2 rings (SSSR count). The van der Waals surface area contributed by atoms with E-state index in [0.717, 1.165) is 5.69 Å². The topological polar surface area (TPSA) is 69.7 Å². The van der Waals surface area contributed by atoms with Crippen LogP contribution in [0.5, 0.6) is 0 Å². The molecule has 0 aliphatic heterocycles. The van der Waals surface area contributed by atoms with E-state index < -0.39 is 10.0 Å². The standard InChI is InChI=1S/C19H24ClN3O3S/c1-5-23(6-2)27(25,26)16-10-7-14(8-11-16)19(24)21-17-13-15(20)9-12-18(17)22(3)4/h7-13H,5-6H2,1-4H3,(H,21,24). The van der Waals surface area contributed by atoms with E-state index in [2.05, 4.69) is 5.32 Å². The van der Waals surface area contributed by atoms with Gasteiger partial charge >= 0.3 is 0 Å². The van der Waals surface area contributed by atoms with Crippen molar-refractivity contribution in [3.8, 4) is 0 Å². The summed E-state index contributed by atoms with van der Waals surface area (Å²) in [6.07, 6.45) is 0. The van der Waals surface area contributed by atoms with Crippen LogP contribution < -0.4 is 10.2 Å². The first-order valence-electron chi connectivity index (χ1n) is 8.59. The molecule has 27 heavy (non-hydrogen) atoms. The number of benzene rings is 2. The van der Waals surface area contributed by atoms with Gasteiger partial charge in [0.15, 0.2) is 0 Å². The summed E-state index contributed by atoms with van der Waals surface area (Å²) in [5.41, 5.74) is 1.75. The third kappa shape index (κ3) is 4.80. The molecule has 0 aliphatic rings. The summed E-state index contributed by atoms with van der Waals surface area (Å²) < 4.78 is 26.4. The monoisotopic (exact) mass is 409 g/mol. The van der Waals surface area contributed by atoms with Crippen LogP contribution in [0.2, 0.25) is 5.02 Å². The molecular weight excluding hydrogens is 386 g/mol. The molecule has 0 bridgehead atoms. The summed E-state index contributed by atoms with van der Waals surface area (Å²) in [6, 6.07) is 11.2. The SMILES string of the molecule is CCN(CC)S(=O)(=O)c1ccc(C(=O)Nc2cc(Cl)ccc2N(C)C)cc1. The van der Waals surface area contributed by atoms with Crippen molar-refractivity contribution in [3.63, 3.8) is 0 Å². The smallest absolute Gasteiger partial charge is 0.255 e. The van der Waals surface area contributed by atoms with Gasteiger partial charge in [0, 0.05) is 37.8 Å². The van der Waals surface area contributed by atoms with Crippen molar-refractivity contribution in [3.05, 3.63) is 53.1 Å². The summed E-state index contributed by atoms with van der Waals surface area (Å²) >= 11 is 6.04. The van der Waals surface area contributed by atoms with Crippen molar-refractivity contribution < 1.29 is 13.2 Å². The van der Waals surface area contributed by atoms with Crippen molar-refractivity contribution in [2.45, 2.75) is 18.7 Å². The third-order valence-electron chi connectivity index (χ3n) is 4.15. The van der Waals surface area contributed by atoms with Gasteiger partial charge in [-0.25, -0.2) is 8.42 Å². The Morgan fingerprint density at radius 3 is 2.15 bits per heavy atom. The number of amides is 1. The number of hydrogen-bond acceptors (Lipinski definition) is 4. The normalized spacial score (nSPS) is 11.5. The van der Waals surface area contributed by atoms with E-state index in [1.165, 1.54) is 28.6 Å². The predicted octanol–water partition coefficient (Wildman–Crippen LogP) is 3.69. The fourth-order valence-electron chi connectivity index (χ4n) is 2.68. The molecule has 0 saturated heterocycles. The van der Waals surface area contributed by atoms with Crippen LogP contribution in [-0.4, -0.2) is 45.8 Å². The number of hydrogen-bond donors (Lipinski definition) is 1. The highest BCUT2D eigenvalue weighted by Crippen LogP contribution is 2.28. The second-order valence-electron chi connectivity index (χ2n) is 6.12. The van der Waals surface area contributed by atoms with Gasteiger partial charge in [0.2, 0.25) is 10.0 Å². The second kappa shape index (κ2) is 8.73. The van der Waals surface area contributed by atoms with Crippen LogP contribution in [0.3, 0.4) is 0 Å². The van der Waals surface area contributed by atoms with Gasteiger partial charge in [-0.1, -0.05) is 25.4 Å². The van der Waals surface area contributed by atoms with E-state index in [9.17, 15) is 13.2 Å². The fraction of sp³-hybridized carbons (Fsp3) is 0.316. The maximum Gasteiger partial charge on any atom is 0.255 e. The molecule has 8 heteroatoms. The average Bonchev–Trinajstić information content (AvgIpc) is 2.62. The molecule has 0 aromatic heterocycles. The van der Waals surface area contributed by atoms with E-state index in [1.54, 1.807) is 26.0 Å². The molecule has 0 unspecified atom stereocenters. The molecule has 1 amide bonds. The molecule has 0 fully saturated rings. The van der Waals surface area contributed by atoms with Gasteiger partial charge in [-0.2, -0.15) is 4.31 Å². The number of halogens is 1. The lowest BCUT2D eigenvalue weighted by Gasteiger charge is -2.19. The number of nitrogens with zero attached hydrogens (tertiary/aromatic N) is 2. The average molecular weight is 410 g/mol. The van der Waals surface area contributed by atoms with Gasteiger partial charge in [0.25, 0.3) is 5.91 Å². The molecule has 0 heterocycles.